The van der Waals surface area contributed by atoms with Gasteiger partial charge in [0.2, 0.25) is 0 Å². The van der Waals surface area contributed by atoms with E-state index in [0.29, 0.717) is 13.0 Å². The van der Waals surface area contributed by atoms with Crippen molar-refractivity contribution in [1.82, 2.24) is 0 Å². The van der Waals surface area contributed by atoms with E-state index >= 15 is 0 Å². The van der Waals surface area contributed by atoms with Crippen LogP contribution in [-0.2, 0) is 19.0 Å². The lowest BCUT2D eigenvalue weighted by Crippen LogP contribution is -2.21. The summed E-state index contributed by atoms with van der Waals surface area (Å²) in [4.78, 5) is 0. The van der Waals surface area contributed by atoms with E-state index in [4.69, 9.17) is 4.74 Å². The molecule has 1 atom stereocenters. The average molecular weight is 182 g/mol. The zero-order valence-electron chi connectivity index (χ0n) is 7.03. The molecule has 0 aliphatic heterocycles. The molecular weight excluding hydrogens is 168 g/mol. The Labute approximate surface area is 67.6 Å². The summed E-state index contributed by atoms with van der Waals surface area (Å²) in [5.74, 6) is 0. The number of rotatable bonds is 5. The number of methoxy groups -OCH3 is 1. The summed E-state index contributed by atoms with van der Waals surface area (Å²) in [5.41, 5.74) is 0. The minimum Gasteiger partial charge on any atom is -0.382 e. The quantitative estimate of drug-likeness (QED) is 0.577. The van der Waals surface area contributed by atoms with Crippen LogP contribution in [0.5, 0.6) is 0 Å². The molecule has 0 aromatic heterocycles. The lowest BCUT2D eigenvalue weighted by atomic mass is 10.3. The molecule has 68 valence electrons. The Morgan fingerprint density at radius 1 is 1.45 bits per heavy atom. The van der Waals surface area contributed by atoms with Gasteiger partial charge in [0.15, 0.2) is 0 Å². The molecule has 4 nitrogen and oxygen atoms in total. The third kappa shape index (κ3) is 6.28. The average Bonchev–Trinajstić information content (AvgIpc) is 1.84. The SMILES string of the molecule is CCC(COC)OS(C)(=O)=O. The summed E-state index contributed by atoms with van der Waals surface area (Å²) in [6, 6.07) is 0. The fourth-order valence-corrected chi connectivity index (χ4v) is 1.33. The smallest absolute Gasteiger partial charge is 0.264 e. The van der Waals surface area contributed by atoms with Crippen LogP contribution in [0.15, 0.2) is 0 Å². The summed E-state index contributed by atoms with van der Waals surface area (Å²) in [6.45, 7) is 2.15. The normalized spacial score (nSPS) is 14.8. The lowest BCUT2D eigenvalue weighted by Gasteiger charge is -2.11. The molecule has 1 unspecified atom stereocenters. The van der Waals surface area contributed by atoms with Gasteiger partial charge in [-0.05, 0) is 6.42 Å². The highest BCUT2D eigenvalue weighted by Gasteiger charge is 2.12. The molecule has 0 N–H and O–H groups in total. The van der Waals surface area contributed by atoms with Crippen LogP contribution in [0, 0.1) is 0 Å². The Hall–Kier alpha value is -0.130. The van der Waals surface area contributed by atoms with Crippen LogP contribution in [0.4, 0.5) is 0 Å². The largest absolute Gasteiger partial charge is 0.382 e. The molecule has 0 saturated carbocycles. The Morgan fingerprint density at radius 2 is 2.00 bits per heavy atom. The maximum atomic E-state index is 10.6. The van der Waals surface area contributed by atoms with E-state index in [0.717, 1.165) is 6.26 Å². The molecule has 0 aliphatic rings. The van der Waals surface area contributed by atoms with E-state index in [1.807, 2.05) is 6.92 Å². The summed E-state index contributed by atoms with van der Waals surface area (Å²) < 4.78 is 30.6. The first-order valence-corrected chi connectivity index (χ1v) is 5.18. The van der Waals surface area contributed by atoms with Gasteiger partial charge < -0.3 is 4.74 Å². The predicted molar refractivity (Wildman–Crippen MR) is 41.9 cm³/mol. The predicted octanol–water partition coefficient (Wildman–Crippen LogP) is 0.388. The zero-order chi connectivity index (χ0) is 8.91. The van der Waals surface area contributed by atoms with E-state index < -0.39 is 10.1 Å². The molecule has 0 heterocycles. The Balaban J connectivity index is 3.88. The Bertz CT molecular complexity index is 185. The van der Waals surface area contributed by atoms with Gasteiger partial charge >= 0.3 is 0 Å². The van der Waals surface area contributed by atoms with Crippen LogP contribution in [0.2, 0.25) is 0 Å². The minimum atomic E-state index is -3.34. The van der Waals surface area contributed by atoms with Gasteiger partial charge in [0.05, 0.1) is 12.9 Å². The second kappa shape index (κ2) is 4.69. The summed E-state index contributed by atoms with van der Waals surface area (Å²) in [7, 11) is -1.83. The van der Waals surface area contributed by atoms with Crippen molar-refractivity contribution in [1.29, 1.82) is 0 Å². The van der Waals surface area contributed by atoms with E-state index in [1.165, 1.54) is 7.11 Å². The minimum absolute atomic E-state index is 0.309. The number of hydrogen-bond acceptors (Lipinski definition) is 4. The molecule has 0 spiro atoms. The van der Waals surface area contributed by atoms with Gasteiger partial charge in [0, 0.05) is 7.11 Å². The van der Waals surface area contributed by atoms with Crippen molar-refractivity contribution < 1.29 is 17.3 Å². The van der Waals surface area contributed by atoms with Gasteiger partial charge in [0.25, 0.3) is 10.1 Å². The van der Waals surface area contributed by atoms with Gasteiger partial charge in [0.1, 0.15) is 6.10 Å². The van der Waals surface area contributed by atoms with E-state index in [9.17, 15) is 8.42 Å². The molecular formula is C6H14O4S. The van der Waals surface area contributed by atoms with Crippen molar-refractivity contribution in [2.45, 2.75) is 19.4 Å². The van der Waals surface area contributed by atoms with Crippen molar-refractivity contribution in [2.75, 3.05) is 20.0 Å². The number of hydrogen-bond donors (Lipinski definition) is 0. The molecule has 0 amide bonds. The van der Waals surface area contributed by atoms with Gasteiger partial charge in [-0.3, -0.25) is 4.18 Å². The van der Waals surface area contributed by atoms with Gasteiger partial charge in [-0.2, -0.15) is 8.42 Å². The summed E-state index contributed by atoms with van der Waals surface area (Å²) >= 11 is 0. The highest BCUT2D eigenvalue weighted by molar-refractivity contribution is 7.86. The van der Waals surface area contributed by atoms with Crippen LogP contribution in [0.25, 0.3) is 0 Å². The topological polar surface area (TPSA) is 52.6 Å². The van der Waals surface area contributed by atoms with Crippen molar-refractivity contribution in [3.63, 3.8) is 0 Å². The second-order valence-corrected chi connectivity index (χ2v) is 3.89. The molecule has 0 aromatic carbocycles. The molecule has 0 bridgehead atoms. The first kappa shape index (κ1) is 10.9. The highest BCUT2D eigenvalue weighted by Crippen LogP contribution is 2.01. The highest BCUT2D eigenvalue weighted by atomic mass is 32.2. The van der Waals surface area contributed by atoms with E-state index in [1.54, 1.807) is 0 Å². The third-order valence-corrected chi connectivity index (χ3v) is 1.74. The van der Waals surface area contributed by atoms with Crippen LogP contribution in [0.3, 0.4) is 0 Å². The van der Waals surface area contributed by atoms with Crippen molar-refractivity contribution in [3.8, 4) is 0 Å². The van der Waals surface area contributed by atoms with E-state index in [2.05, 4.69) is 4.18 Å². The maximum absolute atomic E-state index is 10.6. The lowest BCUT2D eigenvalue weighted by molar-refractivity contribution is 0.0838. The molecule has 0 rings (SSSR count). The molecule has 5 heteroatoms. The molecule has 0 aliphatic carbocycles. The van der Waals surface area contributed by atoms with Crippen LogP contribution in [-0.4, -0.2) is 34.5 Å². The zero-order valence-corrected chi connectivity index (χ0v) is 7.85. The first-order chi connectivity index (χ1) is 4.99. The van der Waals surface area contributed by atoms with Crippen LogP contribution >= 0.6 is 0 Å². The molecule has 0 saturated heterocycles. The fraction of sp³-hybridized carbons (Fsp3) is 1.00. The van der Waals surface area contributed by atoms with Gasteiger partial charge in [-0.1, -0.05) is 6.92 Å². The standard InChI is InChI=1S/C6H14O4S/c1-4-6(5-9-2)10-11(3,7)8/h6H,4-5H2,1-3H3. The van der Waals surface area contributed by atoms with Gasteiger partial charge in [-0.25, -0.2) is 0 Å². The number of ether oxygens (including phenoxy) is 1. The summed E-state index contributed by atoms with van der Waals surface area (Å²) in [6.07, 6.45) is 1.31. The van der Waals surface area contributed by atoms with Crippen molar-refractivity contribution >= 4 is 10.1 Å². The Morgan fingerprint density at radius 3 is 2.27 bits per heavy atom. The molecule has 0 radical (unpaired) electrons. The third-order valence-electron chi connectivity index (χ3n) is 1.12. The fourth-order valence-electron chi connectivity index (χ4n) is 0.647. The molecule has 11 heavy (non-hydrogen) atoms. The van der Waals surface area contributed by atoms with Crippen molar-refractivity contribution in [2.24, 2.45) is 0 Å². The molecule has 0 fully saturated rings. The second-order valence-electron chi connectivity index (χ2n) is 2.29. The van der Waals surface area contributed by atoms with Crippen LogP contribution < -0.4 is 0 Å². The summed E-state index contributed by atoms with van der Waals surface area (Å²) in [5, 5.41) is 0. The Kier molecular flexibility index (Phi) is 4.63. The van der Waals surface area contributed by atoms with E-state index in [-0.39, 0.29) is 6.10 Å². The first-order valence-electron chi connectivity index (χ1n) is 3.36. The van der Waals surface area contributed by atoms with Crippen LogP contribution in [0.1, 0.15) is 13.3 Å². The monoisotopic (exact) mass is 182 g/mol. The van der Waals surface area contributed by atoms with Crippen molar-refractivity contribution in [3.05, 3.63) is 0 Å². The molecule has 0 aromatic rings. The maximum Gasteiger partial charge on any atom is 0.264 e. The van der Waals surface area contributed by atoms with Gasteiger partial charge in [-0.15, -0.1) is 0 Å².